The normalized spacial score (nSPS) is 18.6. The van der Waals surface area contributed by atoms with E-state index >= 15 is 0 Å². The van der Waals surface area contributed by atoms with Crippen LogP contribution in [0.1, 0.15) is 116 Å². The molecule has 4 amide bonds. The predicted octanol–water partition coefficient (Wildman–Crippen LogP) is 5.35. The highest BCUT2D eigenvalue weighted by molar-refractivity contribution is 5.86. The van der Waals surface area contributed by atoms with E-state index in [1.165, 1.54) is 0 Å². The molecule has 4 N–H and O–H groups in total. The van der Waals surface area contributed by atoms with Gasteiger partial charge in [-0.05, 0) is 105 Å². The van der Waals surface area contributed by atoms with Crippen molar-refractivity contribution in [1.29, 1.82) is 0 Å². The number of hydrogen-bond donors (Lipinski definition) is 4. The Morgan fingerprint density at radius 3 is 1.73 bits per heavy atom. The molecule has 4 heterocycles. The third-order valence-electron chi connectivity index (χ3n) is 8.64. The van der Waals surface area contributed by atoms with E-state index in [0.29, 0.717) is 30.4 Å². The number of aromatic amines is 2. The molecule has 52 heavy (non-hydrogen) atoms. The molecule has 0 spiro atoms. The Morgan fingerprint density at radius 2 is 1.23 bits per heavy atom. The molecule has 2 aliphatic rings. The van der Waals surface area contributed by atoms with E-state index in [-0.39, 0.29) is 23.9 Å². The first-order chi connectivity index (χ1) is 24.5. The van der Waals surface area contributed by atoms with Gasteiger partial charge in [0.25, 0.3) is 0 Å². The second-order valence-corrected chi connectivity index (χ2v) is 15.3. The largest absolute Gasteiger partial charge is 0.444 e. The topological polar surface area (TPSA) is 175 Å². The first-order valence-corrected chi connectivity index (χ1v) is 17.8. The minimum Gasteiger partial charge on any atom is -0.444 e. The van der Waals surface area contributed by atoms with Gasteiger partial charge in [-0.3, -0.25) is 9.59 Å². The van der Waals surface area contributed by atoms with Crippen molar-refractivity contribution in [2.45, 2.75) is 116 Å². The maximum atomic E-state index is 13.3. The van der Waals surface area contributed by atoms with Crippen molar-refractivity contribution in [3.63, 3.8) is 0 Å². The predicted molar refractivity (Wildman–Crippen MR) is 194 cm³/mol. The molecule has 14 heteroatoms. The fourth-order valence-corrected chi connectivity index (χ4v) is 6.31. The summed E-state index contributed by atoms with van der Waals surface area (Å²) in [7, 11) is 0. The fraction of sp³-hybridized carbons (Fsp3) is 0.526. The Bertz CT molecular complexity index is 1820. The Labute approximate surface area is 304 Å². The van der Waals surface area contributed by atoms with E-state index < -0.39 is 35.5 Å². The van der Waals surface area contributed by atoms with Gasteiger partial charge < -0.3 is 39.9 Å². The van der Waals surface area contributed by atoms with Crippen LogP contribution in [0.5, 0.6) is 0 Å². The number of benzene rings is 1. The minimum absolute atomic E-state index is 0.185. The molecule has 5 rings (SSSR count). The second-order valence-electron chi connectivity index (χ2n) is 15.3. The Hall–Kier alpha value is -5.32. The lowest BCUT2D eigenvalue weighted by Gasteiger charge is -2.27. The third-order valence-corrected chi connectivity index (χ3v) is 8.64. The van der Waals surface area contributed by atoms with Crippen LogP contribution in [0.4, 0.5) is 9.59 Å². The Kier molecular flexibility index (Phi) is 11.3. The molecule has 4 atom stereocenters. The number of rotatable bonds is 7. The number of alkyl carbamates (subject to hydrolysis) is 2. The molecule has 0 aliphatic carbocycles. The summed E-state index contributed by atoms with van der Waals surface area (Å²) in [6.07, 6.45) is 5.34. The van der Waals surface area contributed by atoms with Gasteiger partial charge in [-0.25, -0.2) is 19.6 Å². The van der Waals surface area contributed by atoms with Crippen molar-refractivity contribution < 1.29 is 28.7 Å². The van der Waals surface area contributed by atoms with Gasteiger partial charge in [0.2, 0.25) is 11.8 Å². The number of aromatic nitrogens is 4. The molecule has 2 fully saturated rings. The van der Waals surface area contributed by atoms with Gasteiger partial charge in [-0.2, -0.15) is 0 Å². The zero-order valence-corrected chi connectivity index (χ0v) is 31.3. The summed E-state index contributed by atoms with van der Waals surface area (Å²) < 4.78 is 10.6. The van der Waals surface area contributed by atoms with Crippen molar-refractivity contribution in [2.24, 2.45) is 0 Å². The first-order valence-electron chi connectivity index (χ1n) is 17.8. The van der Waals surface area contributed by atoms with Crippen molar-refractivity contribution in [3.05, 3.63) is 59.6 Å². The third kappa shape index (κ3) is 9.71. The van der Waals surface area contributed by atoms with E-state index in [1.807, 2.05) is 24.3 Å². The van der Waals surface area contributed by atoms with Gasteiger partial charge in [0.1, 0.15) is 40.6 Å². The lowest BCUT2D eigenvalue weighted by Crippen LogP contribution is -2.48. The number of ether oxygens (including phenoxy) is 2. The fourth-order valence-electron chi connectivity index (χ4n) is 6.31. The first kappa shape index (κ1) is 37.9. The lowest BCUT2D eigenvalue weighted by atomic mass is 10.1. The van der Waals surface area contributed by atoms with Crippen LogP contribution in [-0.4, -0.2) is 90.1 Å². The number of likely N-dealkylation sites (tertiary alicyclic amines) is 2. The van der Waals surface area contributed by atoms with Crippen LogP contribution in [0.15, 0.2) is 36.7 Å². The number of nitrogens with zero attached hydrogens (tertiary/aromatic N) is 4. The highest BCUT2D eigenvalue weighted by Gasteiger charge is 2.36. The molecule has 2 saturated heterocycles. The van der Waals surface area contributed by atoms with Crippen molar-refractivity contribution in [2.75, 3.05) is 13.1 Å². The molecule has 3 aromatic rings. The number of H-pyrrole nitrogens is 2. The van der Waals surface area contributed by atoms with Gasteiger partial charge in [0.15, 0.2) is 0 Å². The number of nitrogens with one attached hydrogen (secondary N) is 4. The monoisotopic (exact) mass is 714 g/mol. The zero-order chi connectivity index (χ0) is 37.8. The van der Waals surface area contributed by atoms with Crippen LogP contribution < -0.4 is 10.6 Å². The van der Waals surface area contributed by atoms with Crippen molar-refractivity contribution in [3.8, 4) is 23.1 Å². The van der Waals surface area contributed by atoms with E-state index in [0.717, 1.165) is 42.5 Å². The Balaban J connectivity index is 1.18. The number of carbonyl (C=O) groups excluding carboxylic acids is 4. The molecule has 2 aromatic heterocycles. The van der Waals surface area contributed by atoms with E-state index in [1.54, 1.807) is 77.6 Å². The van der Waals surface area contributed by atoms with Gasteiger partial charge >= 0.3 is 12.2 Å². The summed E-state index contributed by atoms with van der Waals surface area (Å²) >= 11 is 0. The molecule has 278 valence electrons. The van der Waals surface area contributed by atoms with Crippen LogP contribution >= 0.6 is 0 Å². The van der Waals surface area contributed by atoms with Crippen molar-refractivity contribution >= 4 is 24.0 Å². The molecular weight excluding hydrogens is 664 g/mol. The van der Waals surface area contributed by atoms with Crippen molar-refractivity contribution in [1.82, 2.24) is 40.4 Å². The maximum absolute atomic E-state index is 13.3. The summed E-state index contributed by atoms with van der Waals surface area (Å²) in [6, 6.07) is 5.81. The maximum Gasteiger partial charge on any atom is 0.408 e. The Morgan fingerprint density at radius 1 is 0.750 bits per heavy atom. The van der Waals surface area contributed by atoms with Crippen LogP contribution in [0.25, 0.3) is 11.3 Å². The summed E-state index contributed by atoms with van der Waals surface area (Å²) in [5.41, 5.74) is 1.85. The summed E-state index contributed by atoms with van der Waals surface area (Å²) in [6.45, 7) is 15.1. The number of imidazole rings is 2. The lowest BCUT2D eigenvalue weighted by molar-refractivity contribution is -0.134. The molecular formula is C38H50N8O6. The molecule has 0 radical (unpaired) electrons. The van der Waals surface area contributed by atoms with Crippen LogP contribution in [0.3, 0.4) is 0 Å². The molecule has 14 nitrogen and oxygen atoms in total. The molecule has 0 bridgehead atoms. The quantitative estimate of drug-likeness (QED) is 0.237. The van der Waals surface area contributed by atoms with Gasteiger partial charge in [0.05, 0.1) is 30.2 Å². The van der Waals surface area contributed by atoms with Crippen LogP contribution in [0.2, 0.25) is 0 Å². The highest BCUT2D eigenvalue weighted by atomic mass is 16.6. The molecule has 4 unspecified atom stereocenters. The average molecular weight is 715 g/mol. The van der Waals surface area contributed by atoms with Gasteiger partial charge in [-0.15, -0.1) is 0 Å². The van der Waals surface area contributed by atoms with Gasteiger partial charge in [0, 0.05) is 18.7 Å². The molecule has 1 aromatic carbocycles. The van der Waals surface area contributed by atoms with Crippen LogP contribution in [-0.2, 0) is 19.1 Å². The number of hydrogen-bond acceptors (Lipinski definition) is 8. The van der Waals surface area contributed by atoms with Crippen LogP contribution in [0, 0.1) is 11.8 Å². The minimum atomic E-state index is -0.744. The summed E-state index contributed by atoms with van der Waals surface area (Å²) in [4.78, 5) is 70.2. The zero-order valence-electron chi connectivity index (χ0n) is 31.3. The van der Waals surface area contributed by atoms with Gasteiger partial charge in [-0.1, -0.05) is 18.1 Å². The van der Waals surface area contributed by atoms with E-state index in [4.69, 9.17) is 9.47 Å². The SMILES string of the molecule is CC(NC(=O)OC(C)(C)C)C(=O)N1CCCC1c1ncc(C#Cc2ccc(-c3cnc(C4CCCN4C(=O)C(C)NC(=O)OC(C)(C)C)[nH]3)cc2)[nH]1. The second kappa shape index (κ2) is 15.5. The number of amides is 4. The van der Waals surface area contributed by atoms with E-state index in [9.17, 15) is 19.2 Å². The molecule has 0 saturated carbocycles. The van der Waals surface area contributed by atoms with E-state index in [2.05, 4.69) is 42.4 Å². The summed E-state index contributed by atoms with van der Waals surface area (Å²) in [5, 5.41) is 5.28. The molecule has 2 aliphatic heterocycles. The number of carbonyl (C=O) groups is 4. The average Bonchev–Trinajstić information content (AvgIpc) is 3.88. The summed E-state index contributed by atoms with van der Waals surface area (Å²) in [5.74, 6) is 7.27. The smallest absolute Gasteiger partial charge is 0.408 e. The standard InChI is InChI=1S/C38H50N8O6/c1-23(41-35(49)51-37(3,4)5)33(47)45-19-9-11-29(45)31-39-21-27(43-31)18-15-25-13-16-26(17-14-25)28-22-40-32(44-28)30-12-10-20-46(30)34(48)24(2)42-36(50)52-38(6,7)8/h13-14,16-17,21-24,29-30H,9-12,19-20H2,1-8H3,(H,39,43)(H,40,44)(H,41,49)(H,42,50). The highest BCUT2D eigenvalue weighted by Crippen LogP contribution is 2.33.